The van der Waals surface area contributed by atoms with Crippen molar-refractivity contribution in [2.75, 3.05) is 24.6 Å². The average Bonchev–Trinajstić information content (AvgIpc) is 3.09. The van der Waals surface area contributed by atoms with E-state index in [4.69, 9.17) is 4.74 Å². The minimum Gasteiger partial charge on any atom is -0.447 e. The molecule has 0 bridgehead atoms. The fourth-order valence-electron chi connectivity index (χ4n) is 4.38. The molecule has 0 unspecified atom stereocenters. The molecule has 1 aromatic heterocycles. The van der Waals surface area contributed by atoms with Gasteiger partial charge in [-0.3, -0.25) is 4.90 Å². The van der Waals surface area contributed by atoms with Crippen LogP contribution in [0.1, 0.15) is 37.9 Å². The van der Waals surface area contributed by atoms with Gasteiger partial charge in [0.1, 0.15) is 18.8 Å². The van der Waals surface area contributed by atoms with Crippen molar-refractivity contribution in [1.29, 1.82) is 0 Å². The van der Waals surface area contributed by atoms with Crippen LogP contribution >= 0.6 is 0 Å². The summed E-state index contributed by atoms with van der Waals surface area (Å²) in [6.07, 6.45) is 5.34. The molecule has 3 heterocycles. The Labute approximate surface area is 172 Å². The van der Waals surface area contributed by atoms with Crippen molar-refractivity contribution in [1.82, 2.24) is 14.9 Å². The Morgan fingerprint density at radius 1 is 1.10 bits per heavy atom. The number of likely N-dealkylation sites (tertiary alicyclic amines) is 1. The number of ether oxygens (including phenoxy) is 1. The van der Waals surface area contributed by atoms with Crippen molar-refractivity contribution >= 4 is 11.9 Å². The number of cyclic esters (lactones) is 1. The molecule has 0 N–H and O–H groups in total. The van der Waals surface area contributed by atoms with Gasteiger partial charge in [0, 0.05) is 17.8 Å². The van der Waals surface area contributed by atoms with E-state index in [1.165, 1.54) is 18.4 Å². The van der Waals surface area contributed by atoms with Crippen molar-refractivity contribution in [3.8, 4) is 0 Å². The van der Waals surface area contributed by atoms with Gasteiger partial charge in [-0.05, 0) is 64.1 Å². The molecule has 2 aliphatic heterocycles. The first-order valence-electron chi connectivity index (χ1n) is 10.6. The maximum absolute atomic E-state index is 12.4. The van der Waals surface area contributed by atoms with Crippen molar-refractivity contribution in [3.63, 3.8) is 0 Å². The lowest BCUT2D eigenvalue weighted by Gasteiger charge is -2.34. The van der Waals surface area contributed by atoms with Crippen LogP contribution in [-0.4, -0.2) is 52.7 Å². The van der Waals surface area contributed by atoms with Crippen molar-refractivity contribution < 1.29 is 9.53 Å². The summed E-state index contributed by atoms with van der Waals surface area (Å²) >= 11 is 0. The zero-order chi connectivity index (χ0) is 20.2. The third-order valence-corrected chi connectivity index (χ3v) is 6.11. The van der Waals surface area contributed by atoms with Gasteiger partial charge < -0.3 is 9.64 Å². The quantitative estimate of drug-likeness (QED) is 0.748. The highest BCUT2D eigenvalue weighted by Crippen LogP contribution is 2.26. The molecule has 2 saturated heterocycles. The Balaban J connectivity index is 1.44. The molecule has 1 atom stereocenters. The third-order valence-electron chi connectivity index (χ3n) is 6.11. The van der Waals surface area contributed by atoms with Crippen LogP contribution in [0.25, 0.3) is 0 Å². The number of aromatic nitrogens is 2. The van der Waals surface area contributed by atoms with Gasteiger partial charge in [-0.25, -0.2) is 14.8 Å². The predicted octanol–water partition coefficient (Wildman–Crippen LogP) is 3.71. The van der Waals surface area contributed by atoms with E-state index in [1.807, 2.05) is 24.3 Å². The largest absolute Gasteiger partial charge is 0.447 e. The molecule has 0 radical (unpaired) electrons. The van der Waals surface area contributed by atoms with E-state index in [0.29, 0.717) is 24.4 Å². The monoisotopic (exact) mass is 394 g/mol. The first-order valence-corrected chi connectivity index (χ1v) is 10.6. The van der Waals surface area contributed by atoms with E-state index < -0.39 is 0 Å². The molecule has 154 valence electrons. The van der Waals surface area contributed by atoms with Crippen LogP contribution in [0.4, 0.5) is 10.6 Å². The molecule has 0 saturated carbocycles. The van der Waals surface area contributed by atoms with Gasteiger partial charge in [0.2, 0.25) is 0 Å². The lowest BCUT2D eigenvalue weighted by molar-refractivity contribution is 0.149. The highest BCUT2D eigenvalue weighted by Gasteiger charge is 2.35. The second-order valence-corrected chi connectivity index (χ2v) is 8.44. The minimum atomic E-state index is -0.319. The molecular formula is C23H30N4O2. The molecule has 1 aromatic carbocycles. The number of amides is 1. The fourth-order valence-corrected chi connectivity index (χ4v) is 4.38. The van der Waals surface area contributed by atoms with Crippen LogP contribution in [0.2, 0.25) is 0 Å². The molecular weight excluding hydrogens is 364 g/mol. The molecule has 6 heteroatoms. The number of carbonyl (C=O) groups is 1. The van der Waals surface area contributed by atoms with Crippen LogP contribution in [0, 0.1) is 5.92 Å². The summed E-state index contributed by atoms with van der Waals surface area (Å²) in [5.41, 5.74) is 2.20. The molecule has 2 fully saturated rings. The zero-order valence-corrected chi connectivity index (χ0v) is 17.3. The van der Waals surface area contributed by atoms with E-state index in [0.717, 1.165) is 31.6 Å². The Hall–Kier alpha value is -2.47. The SMILES string of the molecule is CC(C)N1CCC(Cc2cc(N3C(=O)OC[C@@H]3Cc3ccccc3)ncn2)CC1. The number of hydrogen-bond donors (Lipinski definition) is 0. The molecule has 0 aliphatic carbocycles. The molecule has 29 heavy (non-hydrogen) atoms. The molecule has 2 aliphatic rings. The standard InChI is InChI=1S/C23H30N4O2/c1-17(2)26-10-8-19(9-11-26)12-20-14-22(25-16-24-20)27-21(15-29-23(27)28)13-18-6-4-3-5-7-18/h3-7,14,16-17,19,21H,8-13,15H2,1-2H3/t21-/m0/s1. The van der Waals surface area contributed by atoms with E-state index in [2.05, 4.69) is 40.8 Å². The number of carbonyl (C=O) groups excluding carboxylic acids is 1. The summed E-state index contributed by atoms with van der Waals surface area (Å²) in [6, 6.07) is 12.7. The summed E-state index contributed by atoms with van der Waals surface area (Å²) in [6.45, 7) is 7.21. The van der Waals surface area contributed by atoms with Crippen LogP contribution in [-0.2, 0) is 17.6 Å². The van der Waals surface area contributed by atoms with Crippen LogP contribution in [0.5, 0.6) is 0 Å². The Kier molecular flexibility index (Phi) is 6.09. The van der Waals surface area contributed by atoms with E-state index >= 15 is 0 Å². The topological polar surface area (TPSA) is 58.6 Å². The number of anilines is 1. The van der Waals surface area contributed by atoms with E-state index in [9.17, 15) is 4.79 Å². The Morgan fingerprint density at radius 2 is 1.86 bits per heavy atom. The second kappa shape index (κ2) is 8.91. The number of rotatable bonds is 6. The second-order valence-electron chi connectivity index (χ2n) is 8.44. The van der Waals surface area contributed by atoms with Gasteiger partial charge >= 0.3 is 6.09 Å². The maximum atomic E-state index is 12.4. The number of benzene rings is 1. The van der Waals surface area contributed by atoms with E-state index in [-0.39, 0.29) is 12.1 Å². The molecule has 4 rings (SSSR count). The highest BCUT2D eigenvalue weighted by molar-refractivity contribution is 5.89. The third kappa shape index (κ3) is 4.75. The maximum Gasteiger partial charge on any atom is 0.415 e. The molecule has 0 spiro atoms. The van der Waals surface area contributed by atoms with Crippen LogP contribution in [0.3, 0.4) is 0 Å². The summed E-state index contributed by atoms with van der Waals surface area (Å²) in [7, 11) is 0. The summed E-state index contributed by atoms with van der Waals surface area (Å²) < 4.78 is 5.35. The summed E-state index contributed by atoms with van der Waals surface area (Å²) in [4.78, 5) is 25.5. The predicted molar refractivity (Wildman–Crippen MR) is 113 cm³/mol. The number of nitrogens with zero attached hydrogens (tertiary/aromatic N) is 4. The Morgan fingerprint density at radius 3 is 2.59 bits per heavy atom. The molecule has 1 amide bonds. The fraction of sp³-hybridized carbons (Fsp3) is 0.522. The normalized spacial score (nSPS) is 21.0. The number of piperidine rings is 1. The minimum absolute atomic E-state index is 0.0399. The van der Waals surface area contributed by atoms with Crippen LogP contribution in [0.15, 0.2) is 42.7 Å². The zero-order valence-electron chi connectivity index (χ0n) is 17.3. The smallest absolute Gasteiger partial charge is 0.415 e. The van der Waals surface area contributed by atoms with Gasteiger partial charge in [-0.2, -0.15) is 0 Å². The lowest BCUT2D eigenvalue weighted by atomic mass is 9.91. The highest BCUT2D eigenvalue weighted by atomic mass is 16.6. The van der Waals surface area contributed by atoms with Crippen molar-refractivity contribution in [2.24, 2.45) is 5.92 Å². The van der Waals surface area contributed by atoms with Gasteiger partial charge in [-0.1, -0.05) is 30.3 Å². The van der Waals surface area contributed by atoms with Gasteiger partial charge in [0.05, 0.1) is 6.04 Å². The summed E-state index contributed by atoms with van der Waals surface area (Å²) in [5, 5.41) is 0. The van der Waals surface area contributed by atoms with Crippen molar-refractivity contribution in [3.05, 3.63) is 54.0 Å². The number of hydrogen-bond acceptors (Lipinski definition) is 5. The Bertz CT molecular complexity index is 819. The van der Waals surface area contributed by atoms with Crippen molar-refractivity contribution in [2.45, 2.75) is 51.6 Å². The van der Waals surface area contributed by atoms with Gasteiger partial charge in [0.25, 0.3) is 0 Å². The lowest BCUT2D eigenvalue weighted by Crippen LogP contribution is -2.39. The molecule has 2 aromatic rings. The van der Waals surface area contributed by atoms with Gasteiger partial charge in [0.15, 0.2) is 0 Å². The average molecular weight is 395 g/mol. The molecule has 6 nitrogen and oxygen atoms in total. The van der Waals surface area contributed by atoms with E-state index in [1.54, 1.807) is 11.2 Å². The van der Waals surface area contributed by atoms with Crippen LogP contribution < -0.4 is 4.90 Å². The first-order chi connectivity index (χ1) is 14.1. The summed E-state index contributed by atoms with van der Waals surface area (Å²) in [5.74, 6) is 1.29. The first kappa shape index (κ1) is 19.8. The van der Waals surface area contributed by atoms with Gasteiger partial charge in [-0.15, -0.1) is 0 Å².